The molecule has 3 aliphatic heterocycles. The van der Waals surface area contributed by atoms with E-state index in [1.807, 2.05) is 49.9 Å². The lowest BCUT2D eigenvalue weighted by molar-refractivity contribution is -0.136. The molecule has 0 spiro atoms. The van der Waals surface area contributed by atoms with Gasteiger partial charge in [0.05, 0.1) is 37.2 Å². The highest BCUT2D eigenvalue weighted by molar-refractivity contribution is 5.88. The van der Waals surface area contributed by atoms with E-state index in [1.54, 1.807) is 4.90 Å². The number of aromatic nitrogens is 4. The molecule has 3 aliphatic carbocycles. The van der Waals surface area contributed by atoms with Gasteiger partial charge in [0.2, 0.25) is 11.8 Å². The zero-order valence-electron chi connectivity index (χ0n) is 36.5. The molecule has 2 aromatic heterocycles. The molecule has 15 heteroatoms. The van der Waals surface area contributed by atoms with E-state index in [0.717, 1.165) is 87.1 Å². The van der Waals surface area contributed by atoms with Crippen LogP contribution in [0.25, 0.3) is 11.3 Å². The van der Waals surface area contributed by atoms with Gasteiger partial charge < -0.3 is 45.1 Å². The Bertz CT molecular complexity index is 2030. The van der Waals surface area contributed by atoms with Gasteiger partial charge in [0.15, 0.2) is 0 Å². The Kier molecular flexibility index (Phi) is 12.2. The maximum absolute atomic E-state index is 14.1. The summed E-state index contributed by atoms with van der Waals surface area (Å²) >= 11 is 0. The molecular formula is C46H65N9O6. The molecule has 9 rings (SSSR count). The number of aromatic amines is 2. The number of amides is 5. The standard InChI is InChI=1S/C46H65N9O6/c1-28(2)37(51-43(59)53-24-14-32(56)15-25-53)41(57)55-23-7-9-35(55)40-48-27-36(50-40)46-19-16-45(17-20-46,18-21-46)31-12-10-30(11-13-31)33-26-47-39(49-33)34-8-6-22-54(34)42(58)38(29(3)4)52-44(60)61-5/h10-13,26-29,32,34-35,37-38,56H,6-9,14-25H2,1-5H3,(H,47,49)(H,48,50)(H,51,59)(H,52,60)/t34-,35-,37-,38-,45?,46?/m0/s1. The number of ether oxygens (including phenoxy) is 1. The van der Waals surface area contributed by atoms with Crippen LogP contribution in [-0.2, 0) is 25.2 Å². The Morgan fingerprint density at radius 2 is 1.25 bits per heavy atom. The molecule has 330 valence electrons. The molecule has 3 saturated heterocycles. The van der Waals surface area contributed by atoms with Crippen LogP contribution in [0.1, 0.15) is 140 Å². The minimum Gasteiger partial charge on any atom is -0.453 e. The third-order valence-corrected chi connectivity index (χ3v) is 14.9. The van der Waals surface area contributed by atoms with Crippen LogP contribution in [0.3, 0.4) is 0 Å². The van der Waals surface area contributed by atoms with Gasteiger partial charge in [-0.15, -0.1) is 0 Å². The maximum atomic E-state index is 14.1. The number of hydrogen-bond acceptors (Lipinski definition) is 8. The van der Waals surface area contributed by atoms with E-state index in [2.05, 4.69) is 44.9 Å². The molecule has 6 aliphatic rings. The van der Waals surface area contributed by atoms with Crippen LogP contribution < -0.4 is 10.6 Å². The van der Waals surface area contributed by atoms with Gasteiger partial charge in [-0.2, -0.15) is 0 Å². The third-order valence-electron chi connectivity index (χ3n) is 14.9. The van der Waals surface area contributed by atoms with Crippen molar-refractivity contribution in [1.29, 1.82) is 0 Å². The number of likely N-dealkylation sites (tertiary alicyclic amines) is 3. The molecule has 1 aromatic carbocycles. The smallest absolute Gasteiger partial charge is 0.407 e. The highest BCUT2D eigenvalue weighted by Gasteiger charge is 2.51. The van der Waals surface area contributed by atoms with Crippen LogP contribution in [0, 0.1) is 11.8 Å². The number of piperidine rings is 1. The second kappa shape index (κ2) is 17.5. The van der Waals surface area contributed by atoms with Crippen molar-refractivity contribution in [2.45, 2.75) is 146 Å². The first kappa shape index (κ1) is 42.8. The van der Waals surface area contributed by atoms with Crippen LogP contribution in [-0.4, -0.2) is 115 Å². The van der Waals surface area contributed by atoms with Gasteiger partial charge in [-0.05, 0) is 105 Å². The lowest BCUT2D eigenvalue weighted by atomic mass is 9.51. The van der Waals surface area contributed by atoms with Crippen molar-refractivity contribution in [1.82, 2.24) is 45.3 Å². The van der Waals surface area contributed by atoms with Gasteiger partial charge in [0.1, 0.15) is 23.7 Å². The number of carbonyl (C=O) groups excluding carboxylic acids is 4. The van der Waals surface area contributed by atoms with Crippen molar-refractivity contribution in [2.24, 2.45) is 11.8 Å². The van der Waals surface area contributed by atoms with E-state index >= 15 is 0 Å². The number of carbonyl (C=O) groups is 4. The summed E-state index contributed by atoms with van der Waals surface area (Å²) in [6, 6.07) is 7.07. The van der Waals surface area contributed by atoms with E-state index in [4.69, 9.17) is 14.7 Å². The van der Waals surface area contributed by atoms with Gasteiger partial charge in [-0.25, -0.2) is 19.6 Å². The minimum atomic E-state index is -0.676. The first-order chi connectivity index (χ1) is 29.3. The van der Waals surface area contributed by atoms with Crippen LogP contribution in [0.2, 0.25) is 0 Å². The fourth-order valence-corrected chi connectivity index (χ4v) is 10.9. The van der Waals surface area contributed by atoms with E-state index in [0.29, 0.717) is 39.0 Å². The summed E-state index contributed by atoms with van der Waals surface area (Å²) in [4.78, 5) is 75.3. The summed E-state index contributed by atoms with van der Waals surface area (Å²) in [6.07, 6.45) is 13.9. The highest BCUT2D eigenvalue weighted by Crippen LogP contribution is 2.58. The molecule has 3 aromatic rings. The predicted octanol–water partition coefficient (Wildman–Crippen LogP) is 6.24. The molecule has 5 amide bonds. The number of nitrogens with zero attached hydrogens (tertiary/aromatic N) is 5. The Hall–Kier alpha value is -4.92. The van der Waals surface area contributed by atoms with Crippen molar-refractivity contribution < 1.29 is 29.0 Å². The number of nitrogens with one attached hydrogen (secondary N) is 4. The molecule has 3 saturated carbocycles. The summed E-state index contributed by atoms with van der Waals surface area (Å²) in [7, 11) is 1.30. The van der Waals surface area contributed by atoms with Crippen molar-refractivity contribution in [3.63, 3.8) is 0 Å². The summed E-state index contributed by atoms with van der Waals surface area (Å²) < 4.78 is 4.78. The SMILES string of the molecule is COC(=O)N[C@H](C(=O)N1CCC[C@H]1c1ncc(-c2ccc(C34CCC(c5cnc([C@@H]6CCCN6C(=O)[C@@H](NC(=O)N6CCC(O)CC6)C(C)C)[nH]5)(CC3)CC4)cc2)[nH]1)C(C)C. The lowest BCUT2D eigenvalue weighted by Crippen LogP contribution is -2.55. The Morgan fingerprint density at radius 1 is 0.721 bits per heavy atom. The fourth-order valence-electron chi connectivity index (χ4n) is 10.9. The van der Waals surface area contributed by atoms with Crippen LogP contribution in [0.4, 0.5) is 9.59 Å². The molecule has 6 fully saturated rings. The van der Waals surface area contributed by atoms with Gasteiger partial charge in [-0.3, -0.25) is 9.59 Å². The zero-order chi connectivity index (χ0) is 43.1. The van der Waals surface area contributed by atoms with Gasteiger partial charge in [0.25, 0.3) is 0 Å². The number of aliphatic hydroxyl groups is 1. The van der Waals surface area contributed by atoms with Crippen molar-refractivity contribution >= 4 is 23.9 Å². The van der Waals surface area contributed by atoms with Crippen molar-refractivity contribution in [2.75, 3.05) is 33.3 Å². The second-order valence-electron chi connectivity index (χ2n) is 19.1. The van der Waals surface area contributed by atoms with Gasteiger partial charge in [0, 0.05) is 43.5 Å². The number of hydrogen-bond donors (Lipinski definition) is 5. The molecule has 61 heavy (non-hydrogen) atoms. The highest BCUT2D eigenvalue weighted by atomic mass is 16.5. The molecule has 4 atom stereocenters. The number of benzene rings is 1. The number of alkyl carbamates (subject to hydrolysis) is 1. The maximum Gasteiger partial charge on any atom is 0.407 e. The second-order valence-corrected chi connectivity index (χ2v) is 19.1. The average molecular weight is 840 g/mol. The van der Waals surface area contributed by atoms with E-state index < -0.39 is 18.2 Å². The molecule has 15 nitrogen and oxygen atoms in total. The van der Waals surface area contributed by atoms with E-state index in [-0.39, 0.29) is 58.7 Å². The molecule has 0 unspecified atom stereocenters. The quantitative estimate of drug-likeness (QED) is 0.150. The summed E-state index contributed by atoms with van der Waals surface area (Å²) in [5.41, 5.74) is 4.71. The third kappa shape index (κ3) is 8.38. The minimum absolute atomic E-state index is 0.0449. The summed E-state index contributed by atoms with van der Waals surface area (Å²) in [5, 5.41) is 15.7. The number of imidazole rings is 2. The number of methoxy groups -OCH3 is 1. The van der Waals surface area contributed by atoms with Crippen LogP contribution in [0.15, 0.2) is 36.7 Å². The average Bonchev–Trinajstić information content (AvgIpc) is 4.12. The Balaban J connectivity index is 0.893. The first-order valence-electron chi connectivity index (χ1n) is 22.7. The first-order valence-corrected chi connectivity index (χ1v) is 22.7. The fraction of sp³-hybridized carbons (Fsp3) is 0.652. The summed E-state index contributed by atoms with van der Waals surface area (Å²) in [6.45, 7) is 10.0. The Morgan fingerprint density at radius 3 is 1.80 bits per heavy atom. The number of aliphatic hydroxyl groups excluding tert-OH is 1. The molecular weight excluding hydrogens is 775 g/mol. The lowest BCUT2D eigenvalue weighted by Gasteiger charge is -2.53. The van der Waals surface area contributed by atoms with Gasteiger partial charge in [-0.1, -0.05) is 52.0 Å². The van der Waals surface area contributed by atoms with Crippen LogP contribution >= 0.6 is 0 Å². The zero-order valence-corrected chi connectivity index (χ0v) is 36.5. The van der Waals surface area contributed by atoms with E-state index in [9.17, 15) is 24.3 Å². The van der Waals surface area contributed by atoms with Crippen molar-refractivity contribution in [3.8, 4) is 11.3 Å². The molecule has 5 N–H and O–H groups in total. The molecule has 5 heterocycles. The molecule has 0 radical (unpaired) electrons. The topological polar surface area (TPSA) is 189 Å². The number of fused-ring (bicyclic) bond motifs is 3. The normalized spacial score (nSPS) is 26.5. The molecule has 2 bridgehead atoms. The number of urea groups is 1. The van der Waals surface area contributed by atoms with Crippen LogP contribution in [0.5, 0.6) is 0 Å². The van der Waals surface area contributed by atoms with Crippen molar-refractivity contribution in [3.05, 3.63) is 59.6 Å². The summed E-state index contributed by atoms with van der Waals surface area (Å²) in [5.74, 6) is 1.25. The Labute approximate surface area is 359 Å². The van der Waals surface area contributed by atoms with Gasteiger partial charge >= 0.3 is 12.1 Å². The monoisotopic (exact) mass is 840 g/mol. The number of rotatable bonds is 11. The number of H-pyrrole nitrogens is 2. The van der Waals surface area contributed by atoms with E-state index in [1.165, 1.54) is 18.4 Å². The largest absolute Gasteiger partial charge is 0.453 e. The predicted molar refractivity (Wildman–Crippen MR) is 229 cm³/mol.